The number of rotatable bonds is 5. The van der Waals surface area contributed by atoms with E-state index >= 15 is 0 Å². The van der Waals surface area contributed by atoms with E-state index in [0.29, 0.717) is 27.9 Å². The molecule has 1 amide bonds. The Morgan fingerprint density at radius 1 is 1.40 bits per heavy atom. The van der Waals surface area contributed by atoms with Crippen molar-refractivity contribution in [2.45, 2.75) is 30.8 Å². The van der Waals surface area contributed by atoms with Gasteiger partial charge in [-0.1, -0.05) is 24.8 Å². The van der Waals surface area contributed by atoms with Gasteiger partial charge in [-0.2, -0.15) is 0 Å². The molecule has 0 radical (unpaired) electrons. The summed E-state index contributed by atoms with van der Waals surface area (Å²) < 4.78 is 5.13. The molecule has 25 heavy (non-hydrogen) atoms. The molecule has 3 N–H and O–H groups in total. The first-order chi connectivity index (χ1) is 12.0. The first-order valence-electron chi connectivity index (χ1n) is 7.97. The number of nitrogens with zero attached hydrogens (tertiary/aromatic N) is 1. The molecular weight excluding hydrogens is 342 g/mol. The Labute approximate surface area is 148 Å². The fourth-order valence-corrected chi connectivity index (χ4v) is 3.53. The van der Waals surface area contributed by atoms with Crippen LogP contribution in [0.15, 0.2) is 28.2 Å². The van der Waals surface area contributed by atoms with E-state index < -0.39 is 5.92 Å². The number of benzene rings is 1. The van der Waals surface area contributed by atoms with Crippen LogP contribution in [0, 0.1) is 0 Å². The van der Waals surface area contributed by atoms with Crippen molar-refractivity contribution < 1.29 is 14.6 Å². The van der Waals surface area contributed by atoms with E-state index in [-0.39, 0.29) is 23.6 Å². The van der Waals surface area contributed by atoms with E-state index in [0.717, 1.165) is 12.2 Å². The van der Waals surface area contributed by atoms with Crippen molar-refractivity contribution in [3.05, 3.63) is 39.7 Å². The molecule has 1 aromatic carbocycles. The Kier molecular flexibility index (Phi) is 4.98. The number of fused-ring (bicyclic) bond motifs is 1. The number of anilines is 1. The summed E-state index contributed by atoms with van der Waals surface area (Å²) in [7, 11) is 1.45. The van der Waals surface area contributed by atoms with Crippen LogP contribution >= 0.6 is 11.8 Å². The van der Waals surface area contributed by atoms with Crippen LogP contribution in [0.1, 0.15) is 36.8 Å². The SMILES string of the molecule is CCCSc1nc2c(c(=O)[nH]1)C(c1ccc(O)c(OC)c1)CC(=O)N2. The Morgan fingerprint density at radius 2 is 2.20 bits per heavy atom. The summed E-state index contributed by atoms with van der Waals surface area (Å²) in [4.78, 5) is 31.9. The number of H-pyrrole nitrogens is 1. The van der Waals surface area contributed by atoms with Crippen LogP contribution in [0.5, 0.6) is 11.5 Å². The predicted molar refractivity (Wildman–Crippen MR) is 95.6 cm³/mol. The van der Waals surface area contributed by atoms with Crippen LogP contribution in [-0.4, -0.2) is 33.8 Å². The minimum absolute atomic E-state index is 0.00471. The van der Waals surface area contributed by atoms with Crippen LogP contribution < -0.4 is 15.6 Å². The summed E-state index contributed by atoms with van der Waals surface area (Å²) in [5, 5.41) is 13.0. The van der Waals surface area contributed by atoms with Gasteiger partial charge in [-0.3, -0.25) is 9.59 Å². The van der Waals surface area contributed by atoms with Gasteiger partial charge in [0, 0.05) is 18.1 Å². The van der Waals surface area contributed by atoms with Crippen LogP contribution in [0.3, 0.4) is 0 Å². The molecule has 2 aromatic rings. The smallest absolute Gasteiger partial charge is 0.257 e. The molecule has 1 aliphatic rings. The average Bonchev–Trinajstić information content (AvgIpc) is 2.59. The zero-order chi connectivity index (χ0) is 18.0. The van der Waals surface area contributed by atoms with Crippen molar-refractivity contribution in [2.75, 3.05) is 18.2 Å². The molecule has 0 saturated heterocycles. The molecule has 0 fully saturated rings. The fraction of sp³-hybridized carbons (Fsp3) is 0.353. The van der Waals surface area contributed by atoms with Crippen molar-refractivity contribution in [1.29, 1.82) is 0 Å². The highest BCUT2D eigenvalue weighted by molar-refractivity contribution is 7.99. The number of hydrogen-bond donors (Lipinski definition) is 3. The largest absolute Gasteiger partial charge is 0.504 e. The molecule has 0 aliphatic carbocycles. The molecule has 2 heterocycles. The molecule has 0 saturated carbocycles. The summed E-state index contributed by atoms with van der Waals surface area (Å²) in [6, 6.07) is 4.82. The van der Waals surface area contributed by atoms with Gasteiger partial charge < -0.3 is 20.1 Å². The normalized spacial score (nSPS) is 16.2. The number of amides is 1. The molecule has 1 aromatic heterocycles. The number of hydrogen-bond acceptors (Lipinski definition) is 6. The maximum atomic E-state index is 12.6. The first kappa shape index (κ1) is 17.3. The molecule has 1 unspecified atom stereocenters. The molecule has 7 nitrogen and oxygen atoms in total. The maximum Gasteiger partial charge on any atom is 0.257 e. The van der Waals surface area contributed by atoms with Crippen LogP contribution in [-0.2, 0) is 4.79 Å². The van der Waals surface area contributed by atoms with E-state index in [2.05, 4.69) is 15.3 Å². The number of methoxy groups -OCH3 is 1. The highest BCUT2D eigenvalue weighted by atomic mass is 32.2. The van der Waals surface area contributed by atoms with Crippen LogP contribution in [0.2, 0.25) is 0 Å². The Morgan fingerprint density at radius 3 is 2.92 bits per heavy atom. The lowest BCUT2D eigenvalue weighted by atomic mass is 9.86. The first-order valence-corrected chi connectivity index (χ1v) is 8.95. The molecule has 1 aliphatic heterocycles. The topological polar surface area (TPSA) is 104 Å². The quantitative estimate of drug-likeness (QED) is 0.558. The number of carbonyl (C=O) groups is 1. The standard InChI is InChI=1S/C17H19N3O4S/c1-3-6-25-17-19-15-14(16(23)20-17)10(8-13(22)18-15)9-4-5-11(21)12(7-9)24-2/h4-5,7,10,21H,3,6,8H2,1-2H3,(H2,18,19,20,22,23). The molecule has 132 valence electrons. The van der Waals surface area contributed by atoms with Crippen molar-refractivity contribution in [3.8, 4) is 11.5 Å². The monoisotopic (exact) mass is 361 g/mol. The minimum atomic E-state index is -0.445. The van der Waals surface area contributed by atoms with Crippen molar-refractivity contribution in [1.82, 2.24) is 9.97 Å². The summed E-state index contributed by atoms with van der Waals surface area (Å²) in [5.74, 6) is 0.785. The van der Waals surface area contributed by atoms with Crippen molar-refractivity contribution in [3.63, 3.8) is 0 Å². The molecule has 1 atom stereocenters. The number of phenols is 1. The zero-order valence-electron chi connectivity index (χ0n) is 14.0. The van der Waals surface area contributed by atoms with Crippen LogP contribution in [0.4, 0.5) is 5.82 Å². The lowest BCUT2D eigenvalue weighted by molar-refractivity contribution is -0.116. The van der Waals surface area contributed by atoms with Gasteiger partial charge in [0.05, 0.1) is 12.7 Å². The Bertz CT molecular complexity index is 865. The van der Waals surface area contributed by atoms with Gasteiger partial charge in [0.2, 0.25) is 5.91 Å². The second-order valence-corrected chi connectivity index (χ2v) is 6.80. The summed E-state index contributed by atoms with van der Waals surface area (Å²) in [6.45, 7) is 2.04. The minimum Gasteiger partial charge on any atom is -0.504 e. The van der Waals surface area contributed by atoms with Crippen LogP contribution in [0.25, 0.3) is 0 Å². The van der Waals surface area contributed by atoms with Gasteiger partial charge in [0.25, 0.3) is 5.56 Å². The van der Waals surface area contributed by atoms with E-state index in [4.69, 9.17) is 4.74 Å². The molecule has 8 heteroatoms. The van der Waals surface area contributed by atoms with E-state index in [1.807, 2.05) is 6.92 Å². The van der Waals surface area contributed by atoms with E-state index in [1.54, 1.807) is 12.1 Å². The number of phenolic OH excluding ortho intramolecular Hbond substituents is 1. The Hall–Kier alpha value is -2.48. The summed E-state index contributed by atoms with van der Waals surface area (Å²) in [6.07, 6.45) is 1.08. The molecule has 3 rings (SSSR count). The number of ether oxygens (including phenoxy) is 1. The number of nitrogens with one attached hydrogen (secondary N) is 2. The highest BCUT2D eigenvalue weighted by Gasteiger charge is 2.31. The van der Waals surface area contributed by atoms with Crippen molar-refractivity contribution >= 4 is 23.5 Å². The second-order valence-electron chi connectivity index (χ2n) is 5.72. The molecule has 0 bridgehead atoms. The number of aromatic hydroxyl groups is 1. The average molecular weight is 361 g/mol. The lowest BCUT2D eigenvalue weighted by Crippen LogP contribution is -2.31. The molecule has 0 spiro atoms. The Balaban J connectivity index is 2.07. The van der Waals surface area contributed by atoms with Gasteiger partial charge in [0.1, 0.15) is 5.82 Å². The highest BCUT2D eigenvalue weighted by Crippen LogP contribution is 2.37. The van der Waals surface area contributed by atoms with Crippen molar-refractivity contribution in [2.24, 2.45) is 0 Å². The van der Waals surface area contributed by atoms with Gasteiger partial charge in [-0.05, 0) is 24.1 Å². The fourth-order valence-electron chi connectivity index (χ4n) is 2.81. The summed E-state index contributed by atoms with van der Waals surface area (Å²) >= 11 is 1.44. The summed E-state index contributed by atoms with van der Waals surface area (Å²) in [5.41, 5.74) is 0.876. The third kappa shape index (κ3) is 3.48. The maximum absolute atomic E-state index is 12.6. The number of aromatic nitrogens is 2. The molecular formula is C17H19N3O4S. The third-order valence-electron chi connectivity index (χ3n) is 3.98. The number of thioether (sulfide) groups is 1. The van der Waals surface area contributed by atoms with Gasteiger partial charge >= 0.3 is 0 Å². The number of aromatic amines is 1. The second kappa shape index (κ2) is 7.18. The van der Waals surface area contributed by atoms with Gasteiger partial charge in [-0.15, -0.1) is 0 Å². The van der Waals surface area contributed by atoms with E-state index in [9.17, 15) is 14.7 Å². The van der Waals surface area contributed by atoms with Gasteiger partial charge in [0.15, 0.2) is 16.7 Å². The van der Waals surface area contributed by atoms with Gasteiger partial charge in [-0.25, -0.2) is 4.98 Å². The lowest BCUT2D eigenvalue weighted by Gasteiger charge is -2.24. The van der Waals surface area contributed by atoms with E-state index in [1.165, 1.54) is 24.9 Å². The third-order valence-corrected chi connectivity index (χ3v) is 5.06. The predicted octanol–water partition coefficient (Wildman–Crippen LogP) is 2.46. The number of carbonyl (C=O) groups excluding carboxylic acids is 1. The zero-order valence-corrected chi connectivity index (χ0v) is 14.8.